The van der Waals surface area contributed by atoms with E-state index in [-0.39, 0.29) is 17.7 Å². The number of halogens is 1. The largest absolute Gasteiger partial charge is 0.342 e. The number of hydrogen-bond donors (Lipinski definition) is 1. The predicted octanol–water partition coefficient (Wildman–Crippen LogP) is 3.26. The fourth-order valence-electron chi connectivity index (χ4n) is 4.75. The highest BCUT2D eigenvalue weighted by atomic mass is 35.5. The van der Waals surface area contributed by atoms with Crippen molar-refractivity contribution in [2.45, 2.75) is 31.6 Å². The SMILES string of the molecule is O=C(c1ccc(Cl)nc1)N1CCCC(C(=O)N2CCC(c3nc4ccncc4[nH]3)CC2)C1. The van der Waals surface area contributed by atoms with Gasteiger partial charge in [0.1, 0.15) is 11.0 Å². The Labute approximate surface area is 191 Å². The Morgan fingerprint density at radius 3 is 2.62 bits per heavy atom. The lowest BCUT2D eigenvalue weighted by atomic mass is 9.92. The van der Waals surface area contributed by atoms with E-state index in [4.69, 9.17) is 16.6 Å². The third kappa shape index (κ3) is 4.19. The molecule has 5 heterocycles. The second kappa shape index (κ2) is 8.86. The lowest BCUT2D eigenvalue weighted by Crippen LogP contribution is -2.48. The summed E-state index contributed by atoms with van der Waals surface area (Å²) in [6, 6.07) is 5.20. The first-order chi connectivity index (χ1) is 15.6. The molecule has 2 aliphatic heterocycles. The zero-order valence-corrected chi connectivity index (χ0v) is 18.5. The van der Waals surface area contributed by atoms with Crippen LogP contribution in [0.2, 0.25) is 5.15 Å². The van der Waals surface area contributed by atoms with E-state index in [2.05, 4.69) is 15.0 Å². The molecule has 2 fully saturated rings. The molecule has 0 spiro atoms. The number of likely N-dealkylation sites (tertiary alicyclic amines) is 2. The van der Waals surface area contributed by atoms with Gasteiger partial charge in [0.15, 0.2) is 0 Å². The summed E-state index contributed by atoms with van der Waals surface area (Å²) in [5, 5.41) is 0.357. The summed E-state index contributed by atoms with van der Waals surface area (Å²) >= 11 is 5.83. The normalized spacial score (nSPS) is 20.0. The fraction of sp³-hybridized carbons (Fsp3) is 0.435. The zero-order valence-electron chi connectivity index (χ0n) is 17.7. The van der Waals surface area contributed by atoms with E-state index >= 15 is 0 Å². The van der Waals surface area contributed by atoms with Crippen molar-refractivity contribution in [1.82, 2.24) is 29.7 Å². The van der Waals surface area contributed by atoms with E-state index in [9.17, 15) is 9.59 Å². The molecule has 2 aliphatic rings. The Morgan fingerprint density at radius 2 is 1.88 bits per heavy atom. The molecular weight excluding hydrogens is 428 g/mol. The molecule has 0 radical (unpaired) electrons. The quantitative estimate of drug-likeness (QED) is 0.615. The molecule has 0 bridgehead atoms. The molecule has 1 unspecified atom stereocenters. The number of H-pyrrole nitrogens is 1. The molecule has 8 nitrogen and oxygen atoms in total. The van der Waals surface area contributed by atoms with Crippen LogP contribution in [0.5, 0.6) is 0 Å². The van der Waals surface area contributed by atoms with Gasteiger partial charge in [-0.15, -0.1) is 0 Å². The molecule has 32 heavy (non-hydrogen) atoms. The van der Waals surface area contributed by atoms with E-state index in [1.54, 1.807) is 29.4 Å². The highest BCUT2D eigenvalue weighted by molar-refractivity contribution is 6.29. The van der Waals surface area contributed by atoms with Crippen LogP contribution in [-0.2, 0) is 4.79 Å². The topological polar surface area (TPSA) is 95.1 Å². The number of nitrogens with one attached hydrogen (secondary N) is 1. The number of amides is 2. The van der Waals surface area contributed by atoms with E-state index < -0.39 is 0 Å². The minimum absolute atomic E-state index is 0.0928. The van der Waals surface area contributed by atoms with Crippen LogP contribution in [0.25, 0.3) is 11.0 Å². The molecule has 1 N–H and O–H groups in total. The lowest BCUT2D eigenvalue weighted by Gasteiger charge is -2.37. The van der Waals surface area contributed by atoms with Gasteiger partial charge in [-0.1, -0.05) is 11.6 Å². The van der Waals surface area contributed by atoms with Crippen molar-refractivity contribution < 1.29 is 9.59 Å². The third-order valence-electron chi connectivity index (χ3n) is 6.53. The smallest absolute Gasteiger partial charge is 0.255 e. The average molecular weight is 453 g/mol. The van der Waals surface area contributed by atoms with Crippen LogP contribution >= 0.6 is 11.6 Å². The standard InChI is InChI=1S/C23H25ClN6O2/c24-20-4-3-16(12-26-20)22(31)30-9-1-2-17(14-30)23(32)29-10-6-15(7-11-29)21-27-18-5-8-25-13-19(18)28-21/h3-5,8,12-13,15,17H,1-2,6-7,9-11,14H2,(H,27,28). The molecule has 3 aromatic heterocycles. The van der Waals surface area contributed by atoms with Crippen LogP contribution in [0.15, 0.2) is 36.8 Å². The van der Waals surface area contributed by atoms with E-state index in [0.29, 0.717) is 42.8 Å². The van der Waals surface area contributed by atoms with Gasteiger partial charge in [-0.05, 0) is 43.9 Å². The summed E-state index contributed by atoms with van der Waals surface area (Å²) in [4.78, 5) is 46.0. The number of carbonyl (C=O) groups is 2. The minimum atomic E-state index is -0.151. The second-order valence-electron chi connectivity index (χ2n) is 8.57. The molecule has 2 saturated heterocycles. The Kier molecular flexibility index (Phi) is 5.78. The average Bonchev–Trinajstić information content (AvgIpc) is 3.28. The molecule has 3 aromatic rings. The number of fused-ring (bicyclic) bond motifs is 1. The highest BCUT2D eigenvalue weighted by Gasteiger charge is 2.34. The van der Waals surface area contributed by atoms with Crippen molar-refractivity contribution in [3.05, 3.63) is 53.3 Å². The fourth-order valence-corrected chi connectivity index (χ4v) is 4.86. The Balaban J connectivity index is 1.19. The first-order valence-electron chi connectivity index (χ1n) is 11.1. The maximum Gasteiger partial charge on any atom is 0.255 e. The van der Waals surface area contributed by atoms with Crippen LogP contribution in [-0.4, -0.2) is 67.7 Å². The molecular formula is C23H25ClN6O2. The minimum Gasteiger partial charge on any atom is -0.342 e. The predicted molar refractivity (Wildman–Crippen MR) is 120 cm³/mol. The third-order valence-corrected chi connectivity index (χ3v) is 6.75. The number of piperidine rings is 2. The first-order valence-corrected chi connectivity index (χ1v) is 11.5. The maximum atomic E-state index is 13.2. The van der Waals surface area contributed by atoms with Gasteiger partial charge in [0.05, 0.1) is 28.7 Å². The molecule has 2 amide bonds. The Hall–Kier alpha value is -3.00. The Morgan fingerprint density at radius 1 is 1.03 bits per heavy atom. The van der Waals surface area contributed by atoms with Gasteiger partial charge in [0, 0.05) is 44.5 Å². The number of imidazole rings is 1. The van der Waals surface area contributed by atoms with Gasteiger partial charge < -0.3 is 14.8 Å². The van der Waals surface area contributed by atoms with Gasteiger partial charge in [-0.2, -0.15) is 0 Å². The number of rotatable bonds is 3. The number of hydrogen-bond acceptors (Lipinski definition) is 5. The molecule has 9 heteroatoms. The number of aromatic amines is 1. The van der Waals surface area contributed by atoms with Gasteiger partial charge in [0.25, 0.3) is 5.91 Å². The van der Waals surface area contributed by atoms with Crippen LogP contribution < -0.4 is 0 Å². The Bertz CT molecular complexity index is 1090. The van der Waals surface area contributed by atoms with Crippen molar-refractivity contribution in [3.8, 4) is 0 Å². The van der Waals surface area contributed by atoms with Crippen molar-refractivity contribution in [3.63, 3.8) is 0 Å². The zero-order chi connectivity index (χ0) is 22.1. The number of nitrogens with zero attached hydrogens (tertiary/aromatic N) is 5. The number of carbonyl (C=O) groups excluding carboxylic acids is 2. The summed E-state index contributed by atoms with van der Waals surface area (Å²) in [6.07, 6.45) is 8.44. The van der Waals surface area contributed by atoms with Gasteiger partial charge >= 0.3 is 0 Å². The van der Waals surface area contributed by atoms with E-state index in [0.717, 1.165) is 42.5 Å². The molecule has 0 aromatic carbocycles. The van der Waals surface area contributed by atoms with Crippen molar-refractivity contribution >= 4 is 34.4 Å². The van der Waals surface area contributed by atoms with Crippen LogP contribution in [0, 0.1) is 5.92 Å². The van der Waals surface area contributed by atoms with Crippen molar-refractivity contribution in [2.75, 3.05) is 26.2 Å². The van der Waals surface area contributed by atoms with Crippen LogP contribution in [0.1, 0.15) is 47.8 Å². The molecule has 166 valence electrons. The van der Waals surface area contributed by atoms with E-state index in [1.807, 2.05) is 11.0 Å². The summed E-state index contributed by atoms with van der Waals surface area (Å²) in [5.74, 6) is 1.20. The molecule has 0 aliphatic carbocycles. The summed E-state index contributed by atoms with van der Waals surface area (Å²) in [7, 11) is 0. The maximum absolute atomic E-state index is 13.2. The molecule has 1 atom stereocenters. The molecule has 0 saturated carbocycles. The summed E-state index contributed by atoms with van der Waals surface area (Å²) in [6.45, 7) is 2.54. The highest BCUT2D eigenvalue weighted by Crippen LogP contribution is 2.29. The second-order valence-corrected chi connectivity index (χ2v) is 8.96. The van der Waals surface area contributed by atoms with Gasteiger partial charge in [-0.3, -0.25) is 14.6 Å². The van der Waals surface area contributed by atoms with Crippen LogP contribution in [0.3, 0.4) is 0 Å². The van der Waals surface area contributed by atoms with Crippen molar-refractivity contribution in [1.29, 1.82) is 0 Å². The van der Waals surface area contributed by atoms with Gasteiger partial charge in [0.2, 0.25) is 5.91 Å². The monoisotopic (exact) mass is 452 g/mol. The van der Waals surface area contributed by atoms with E-state index in [1.165, 1.54) is 6.20 Å². The van der Waals surface area contributed by atoms with Gasteiger partial charge in [-0.25, -0.2) is 9.97 Å². The van der Waals surface area contributed by atoms with Crippen LogP contribution in [0.4, 0.5) is 0 Å². The lowest BCUT2D eigenvalue weighted by molar-refractivity contribution is -0.138. The number of aromatic nitrogens is 4. The summed E-state index contributed by atoms with van der Waals surface area (Å²) in [5.41, 5.74) is 2.38. The number of pyridine rings is 2. The van der Waals surface area contributed by atoms with Crippen molar-refractivity contribution in [2.24, 2.45) is 5.92 Å². The summed E-state index contributed by atoms with van der Waals surface area (Å²) < 4.78 is 0. The molecule has 5 rings (SSSR count). The first kappa shape index (κ1) is 20.9.